The standard InChI is InChI=1S/C13H22N2O/c1-10-4-3-6-15(7-5-10)13(16)11(2)12-8-14-9-12/h10,14H,3-9H2,1-2H3. The van der Waals surface area contributed by atoms with Crippen LogP contribution in [0.4, 0.5) is 0 Å². The summed E-state index contributed by atoms with van der Waals surface area (Å²) in [5.41, 5.74) is 2.27. The summed E-state index contributed by atoms with van der Waals surface area (Å²) in [5.74, 6) is 1.04. The maximum Gasteiger partial charge on any atom is 0.249 e. The SMILES string of the molecule is CC(C(=O)N1CCCC(C)CC1)=C1CNC1. The lowest BCUT2D eigenvalue weighted by molar-refractivity contribution is -0.127. The zero-order valence-corrected chi connectivity index (χ0v) is 10.4. The Morgan fingerprint density at radius 1 is 1.31 bits per heavy atom. The van der Waals surface area contributed by atoms with Gasteiger partial charge in [0.05, 0.1) is 0 Å². The van der Waals surface area contributed by atoms with Crippen LogP contribution in [-0.4, -0.2) is 37.0 Å². The summed E-state index contributed by atoms with van der Waals surface area (Å²) in [5, 5.41) is 3.19. The molecule has 3 heteroatoms. The number of nitrogens with zero attached hydrogens (tertiary/aromatic N) is 1. The molecule has 0 aromatic heterocycles. The molecule has 16 heavy (non-hydrogen) atoms. The van der Waals surface area contributed by atoms with Gasteiger partial charge < -0.3 is 10.2 Å². The molecule has 1 N–H and O–H groups in total. The molecule has 2 rings (SSSR count). The molecule has 2 aliphatic rings. The average Bonchev–Trinajstić information content (AvgIpc) is 2.39. The van der Waals surface area contributed by atoms with E-state index in [-0.39, 0.29) is 5.91 Å². The second-order valence-corrected chi connectivity index (χ2v) is 5.16. The smallest absolute Gasteiger partial charge is 0.249 e. The molecule has 2 saturated heterocycles. The summed E-state index contributed by atoms with van der Waals surface area (Å²) in [4.78, 5) is 14.3. The van der Waals surface area contributed by atoms with Crippen LogP contribution in [0.15, 0.2) is 11.1 Å². The highest BCUT2D eigenvalue weighted by Crippen LogP contribution is 2.19. The highest BCUT2D eigenvalue weighted by Gasteiger charge is 2.22. The van der Waals surface area contributed by atoms with Crippen molar-refractivity contribution in [2.75, 3.05) is 26.2 Å². The van der Waals surface area contributed by atoms with E-state index in [2.05, 4.69) is 12.2 Å². The molecule has 0 spiro atoms. The first-order chi connectivity index (χ1) is 7.68. The molecule has 0 bridgehead atoms. The number of hydrogen-bond acceptors (Lipinski definition) is 2. The molecule has 1 amide bonds. The van der Waals surface area contributed by atoms with Gasteiger partial charge >= 0.3 is 0 Å². The lowest BCUT2D eigenvalue weighted by atomic mass is 10.0. The van der Waals surface area contributed by atoms with Crippen molar-refractivity contribution in [3.05, 3.63) is 11.1 Å². The Kier molecular flexibility index (Phi) is 3.64. The van der Waals surface area contributed by atoms with E-state index >= 15 is 0 Å². The molecule has 1 atom stereocenters. The summed E-state index contributed by atoms with van der Waals surface area (Å²) < 4.78 is 0. The molecule has 90 valence electrons. The lowest BCUT2D eigenvalue weighted by Crippen LogP contribution is -2.39. The number of amides is 1. The molecule has 0 aromatic rings. The zero-order chi connectivity index (χ0) is 11.5. The highest BCUT2D eigenvalue weighted by atomic mass is 16.2. The minimum absolute atomic E-state index is 0.269. The summed E-state index contributed by atoms with van der Waals surface area (Å²) in [6, 6.07) is 0. The third-order valence-corrected chi connectivity index (χ3v) is 3.83. The summed E-state index contributed by atoms with van der Waals surface area (Å²) >= 11 is 0. The van der Waals surface area contributed by atoms with Crippen molar-refractivity contribution in [3.63, 3.8) is 0 Å². The number of carbonyl (C=O) groups excluding carboxylic acids is 1. The van der Waals surface area contributed by atoms with Crippen molar-refractivity contribution in [2.45, 2.75) is 33.1 Å². The van der Waals surface area contributed by atoms with Crippen molar-refractivity contribution in [3.8, 4) is 0 Å². The monoisotopic (exact) mass is 222 g/mol. The molecule has 0 aliphatic carbocycles. The number of rotatable bonds is 1. The minimum Gasteiger partial charge on any atom is -0.339 e. The molecule has 3 nitrogen and oxygen atoms in total. The van der Waals surface area contributed by atoms with Gasteiger partial charge in [0.25, 0.3) is 0 Å². The highest BCUT2D eigenvalue weighted by molar-refractivity contribution is 5.94. The maximum absolute atomic E-state index is 12.2. The quantitative estimate of drug-likeness (QED) is 0.683. The van der Waals surface area contributed by atoms with Crippen molar-refractivity contribution in [2.24, 2.45) is 5.92 Å². The molecule has 0 radical (unpaired) electrons. The van der Waals surface area contributed by atoms with Crippen LogP contribution in [0.3, 0.4) is 0 Å². The molecular weight excluding hydrogens is 200 g/mol. The van der Waals surface area contributed by atoms with Gasteiger partial charge in [0.15, 0.2) is 0 Å². The first-order valence-electron chi connectivity index (χ1n) is 6.37. The van der Waals surface area contributed by atoms with Crippen LogP contribution in [-0.2, 0) is 4.79 Å². The van der Waals surface area contributed by atoms with Gasteiger partial charge in [-0.25, -0.2) is 0 Å². The first kappa shape index (κ1) is 11.6. The molecular formula is C13H22N2O. The van der Waals surface area contributed by atoms with Gasteiger partial charge in [-0.15, -0.1) is 0 Å². The Bertz CT molecular complexity index is 303. The summed E-state index contributed by atoms with van der Waals surface area (Å²) in [6.45, 7) is 7.96. The zero-order valence-electron chi connectivity index (χ0n) is 10.4. The van der Waals surface area contributed by atoms with Crippen LogP contribution < -0.4 is 5.32 Å². The van der Waals surface area contributed by atoms with Gasteiger partial charge in [-0.2, -0.15) is 0 Å². The van der Waals surface area contributed by atoms with E-state index in [9.17, 15) is 4.79 Å². The van der Waals surface area contributed by atoms with Gasteiger partial charge in [-0.3, -0.25) is 4.79 Å². The van der Waals surface area contributed by atoms with Crippen LogP contribution in [0.5, 0.6) is 0 Å². The Balaban J connectivity index is 1.98. The van der Waals surface area contributed by atoms with Gasteiger partial charge in [0.2, 0.25) is 5.91 Å². The summed E-state index contributed by atoms with van der Waals surface area (Å²) in [6.07, 6.45) is 3.58. The van der Waals surface area contributed by atoms with Crippen LogP contribution in [0.25, 0.3) is 0 Å². The first-order valence-corrected chi connectivity index (χ1v) is 6.37. The molecule has 1 unspecified atom stereocenters. The fourth-order valence-electron chi connectivity index (χ4n) is 2.37. The van der Waals surface area contributed by atoms with Crippen LogP contribution >= 0.6 is 0 Å². The Labute approximate surface area is 97.9 Å². The average molecular weight is 222 g/mol. The molecule has 0 saturated carbocycles. The Morgan fingerprint density at radius 2 is 2.06 bits per heavy atom. The van der Waals surface area contributed by atoms with E-state index < -0.39 is 0 Å². The number of likely N-dealkylation sites (tertiary alicyclic amines) is 1. The van der Waals surface area contributed by atoms with Gasteiger partial charge in [-0.05, 0) is 37.7 Å². The van der Waals surface area contributed by atoms with E-state index in [1.807, 2.05) is 11.8 Å². The van der Waals surface area contributed by atoms with Crippen molar-refractivity contribution >= 4 is 5.91 Å². The Morgan fingerprint density at radius 3 is 2.69 bits per heavy atom. The van der Waals surface area contributed by atoms with Gasteiger partial charge in [-0.1, -0.05) is 6.92 Å². The van der Waals surface area contributed by atoms with Crippen molar-refractivity contribution < 1.29 is 4.79 Å². The number of nitrogens with one attached hydrogen (secondary N) is 1. The van der Waals surface area contributed by atoms with E-state index in [1.165, 1.54) is 12.0 Å². The molecule has 0 aromatic carbocycles. The molecule has 2 aliphatic heterocycles. The Hall–Kier alpha value is -0.830. The van der Waals surface area contributed by atoms with E-state index in [0.29, 0.717) is 0 Å². The van der Waals surface area contributed by atoms with Gasteiger partial charge in [0, 0.05) is 31.8 Å². The van der Waals surface area contributed by atoms with Crippen LogP contribution in [0.1, 0.15) is 33.1 Å². The predicted octanol–water partition coefficient (Wildman–Crippen LogP) is 1.55. The van der Waals surface area contributed by atoms with Gasteiger partial charge in [0.1, 0.15) is 0 Å². The molecule has 2 heterocycles. The second kappa shape index (κ2) is 5.00. The van der Waals surface area contributed by atoms with Crippen molar-refractivity contribution in [1.82, 2.24) is 10.2 Å². The van der Waals surface area contributed by atoms with E-state index in [0.717, 1.165) is 50.5 Å². The normalized spacial score (nSPS) is 26.0. The van der Waals surface area contributed by atoms with Crippen molar-refractivity contribution in [1.29, 1.82) is 0 Å². The third kappa shape index (κ3) is 2.46. The fraction of sp³-hybridized carbons (Fsp3) is 0.769. The largest absolute Gasteiger partial charge is 0.339 e. The number of hydrogen-bond donors (Lipinski definition) is 1. The third-order valence-electron chi connectivity index (χ3n) is 3.83. The minimum atomic E-state index is 0.269. The topological polar surface area (TPSA) is 32.3 Å². The summed E-state index contributed by atoms with van der Waals surface area (Å²) in [7, 11) is 0. The molecule has 2 fully saturated rings. The van der Waals surface area contributed by atoms with Crippen LogP contribution in [0.2, 0.25) is 0 Å². The lowest BCUT2D eigenvalue weighted by Gasteiger charge is -2.26. The fourth-order valence-corrected chi connectivity index (χ4v) is 2.37. The second-order valence-electron chi connectivity index (χ2n) is 5.16. The maximum atomic E-state index is 12.2. The van der Waals surface area contributed by atoms with E-state index in [1.54, 1.807) is 0 Å². The van der Waals surface area contributed by atoms with Crippen LogP contribution in [0, 0.1) is 5.92 Å². The predicted molar refractivity (Wildman–Crippen MR) is 65.2 cm³/mol. The van der Waals surface area contributed by atoms with E-state index in [4.69, 9.17) is 0 Å². The number of carbonyl (C=O) groups is 1.